The average molecular weight is 391 g/mol. The monoisotopic (exact) mass is 391 g/mol. The van der Waals surface area contributed by atoms with Crippen LogP contribution in [0.5, 0.6) is 0 Å². The SMILES string of the molecule is CC(Cc1ccccc1)N1CCN(C(=O)Nc2cccc(C(F)(F)F)c2)CC1. The number of anilines is 1. The number of rotatable bonds is 4. The summed E-state index contributed by atoms with van der Waals surface area (Å²) in [7, 11) is 0. The van der Waals surface area contributed by atoms with Gasteiger partial charge < -0.3 is 10.2 Å². The molecule has 7 heteroatoms. The fourth-order valence-corrected chi connectivity index (χ4v) is 3.43. The number of nitrogens with zero attached hydrogens (tertiary/aromatic N) is 2. The van der Waals surface area contributed by atoms with Crippen molar-refractivity contribution < 1.29 is 18.0 Å². The van der Waals surface area contributed by atoms with Crippen molar-refractivity contribution in [3.05, 3.63) is 65.7 Å². The summed E-state index contributed by atoms with van der Waals surface area (Å²) < 4.78 is 38.4. The molecule has 1 aliphatic rings. The minimum Gasteiger partial charge on any atom is -0.322 e. The topological polar surface area (TPSA) is 35.6 Å². The number of piperazine rings is 1. The molecule has 0 saturated carbocycles. The van der Waals surface area contributed by atoms with Gasteiger partial charge in [-0.1, -0.05) is 36.4 Å². The molecule has 1 heterocycles. The fraction of sp³-hybridized carbons (Fsp3) is 0.381. The third kappa shape index (κ3) is 5.25. The van der Waals surface area contributed by atoms with Crippen molar-refractivity contribution in [1.29, 1.82) is 0 Å². The van der Waals surface area contributed by atoms with E-state index in [4.69, 9.17) is 0 Å². The van der Waals surface area contributed by atoms with Crippen LogP contribution >= 0.6 is 0 Å². The molecule has 0 aromatic heterocycles. The Morgan fingerprint density at radius 3 is 2.36 bits per heavy atom. The van der Waals surface area contributed by atoms with Crippen LogP contribution in [0.4, 0.5) is 23.7 Å². The number of halogens is 3. The lowest BCUT2D eigenvalue weighted by Gasteiger charge is -2.38. The second-order valence-corrected chi connectivity index (χ2v) is 7.07. The Kier molecular flexibility index (Phi) is 6.24. The summed E-state index contributed by atoms with van der Waals surface area (Å²) in [6.45, 7) is 4.74. The Bertz CT molecular complexity index is 787. The van der Waals surface area contributed by atoms with Gasteiger partial charge in [-0.2, -0.15) is 13.2 Å². The molecule has 1 fully saturated rings. The Balaban J connectivity index is 1.51. The molecular formula is C21H24F3N3O. The number of hydrogen-bond donors (Lipinski definition) is 1. The van der Waals surface area contributed by atoms with Crippen LogP contribution in [0.1, 0.15) is 18.1 Å². The van der Waals surface area contributed by atoms with Crippen LogP contribution in [0.3, 0.4) is 0 Å². The molecule has 150 valence electrons. The number of benzene rings is 2. The van der Waals surface area contributed by atoms with Gasteiger partial charge in [0.15, 0.2) is 0 Å². The van der Waals surface area contributed by atoms with Gasteiger partial charge in [0.1, 0.15) is 0 Å². The van der Waals surface area contributed by atoms with Crippen LogP contribution in [0.15, 0.2) is 54.6 Å². The molecule has 3 rings (SSSR count). The Labute approximate surface area is 162 Å². The van der Waals surface area contributed by atoms with Gasteiger partial charge in [-0.25, -0.2) is 4.79 Å². The number of urea groups is 1. The summed E-state index contributed by atoms with van der Waals surface area (Å²) in [4.78, 5) is 16.4. The van der Waals surface area contributed by atoms with Gasteiger partial charge in [0.25, 0.3) is 0 Å². The number of hydrogen-bond acceptors (Lipinski definition) is 2. The molecule has 0 bridgehead atoms. The number of carbonyl (C=O) groups is 1. The number of nitrogens with one attached hydrogen (secondary N) is 1. The van der Waals surface area contributed by atoms with Crippen molar-refractivity contribution in [2.45, 2.75) is 25.6 Å². The lowest BCUT2D eigenvalue weighted by molar-refractivity contribution is -0.137. The van der Waals surface area contributed by atoms with Crippen LogP contribution in [0.25, 0.3) is 0 Å². The van der Waals surface area contributed by atoms with E-state index in [-0.39, 0.29) is 11.7 Å². The lowest BCUT2D eigenvalue weighted by atomic mass is 10.1. The second kappa shape index (κ2) is 8.65. The average Bonchev–Trinajstić information content (AvgIpc) is 2.68. The predicted molar refractivity (Wildman–Crippen MR) is 103 cm³/mol. The zero-order valence-electron chi connectivity index (χ0n) is 15.7. The minimum atomic E-state index is -4.43. The molecule has 1 unspecified atom stereocenters. The van der Waals surface area contributed by atoms with E-state index in [0.29, 0.717) is 19.1 Å². The van der Waals surface area contributed by atoms with E-state index in [0.717, 1.165) is 31.6 Å². The first-order valence-corrected chi connectivity index (χ1v) is 9.34. The van der Waals surface area contributed by atoms with Gasteiger partial charge in [-0.05, 0) is 37.1 Å². The van der Waals surface area contributed by atoms with E-state index in [1.807, 2.05) is 18.2 Å². The third-order valence-corrected chi connectivity index (χ3v) is 5.04. The molecule has 0 aliphatic carbocycles. The first kappa shape index (κ1) is 20.2. The Morgan fingerprint density at radius 1 is 1.04 bits per heavy atom. The standard InChI is InChI=1S/C21H24F3N3O/c1-16(14-17-6-3-2-4-7-17)26-10-12-27(13-11-26)20(28)25-19-9-5-8-18(15-19)21(22,23)24/h2-9,15-16H,10-14H2,1H3,(H,25,28). The van der Waals surface area contributed by atoms with E-state index < -0.39 is 11.7 Å². The lowest BCUT2D eigenvalue weighted by Crippen LogP contribution is -2.52. The first-order valence-electron chi connectivity index (χ1n) is 9.34. The van der Waals surface area contributed by atoms with E-state index in [2.05, 4.69) is 29.3 Å². The highest BCUT2D eigenvalue weighted by Crippen LogP contribution is 2.30. The number of alkyl halides is 3. The number of carbonyl (C=O) groups excluding carboxylic acids is 1. The van der Waals surface area contributed by atoms with Crippen LogP contribution in [0.2, 0.25) is 0 Å². The predicted octanol–water partition coefficient (Wildman–Crippen LogP) is 4.49. The molecule has 2 aromatic carbocycles. The summed E-state index contributed by atoms with van der Waals surface area (Å²) in [5.41, 5.74) is 0.657. The van der Waals surface area contributed by atoms with Crippen LogP contribution in [-0.4, -0.2) is 48.1 Å². The summed E-state index contributed by atoms with van der Waals surface area (Å²) in [6, 6.07) is 15.0. The van der Waals surface area contributed by atoms with Crippen LogP contribution in [-0.2, 0) is 12.6 Å². The van der Waals surface area contributed by atoms with Gasteiger partial charge in [-0.15, -0.1) is 0 Å². The highest BCUT2D eigenvalue weighted by molar-refractivity contribution is 5.89. The minimum absolute atomic E-state index is 0.153. The van der Waals surface area contributed by atoms with E-state index in [1.165, 1.54) is 17.7 Å². The van der Waals surface area contributed by atoms with Crippen molar-refractivity contribution >= 4 is 11.7 Å². The van der Waals surface area contributed by atoms with Gasteiger partial charge in [0, 0.05) is 37.9 Å². The summed E-state index contributed by atoms with van der Waals surface area (Å²) >= 11 is 0. The van der Waals surface area contributed by atoms with Crippen LogP contribution in [0, 0.1) is 0 Å². The van der Waals surface area contributed by atoms with Crippen molar-refractivity contribution in [3.8, 4) is 0 Å². The van der Waals surface area contributed by atoms with Gasteiger partial charge in [0.05, 0.1) is 5.56 Å². The molecule has 0 spiro atoms. The normalized spacial score (nSPS) is 16.6. The molecule has 2 amide bonds. The maximum Gasteiger partial charge on any atom is 0.416 e. The van der Waals surface area contributed by atoms with Gasteiger partial charge in [-0.3, -0.25) is 4.90 Å². The van der Waals surface area contributed by atoms with Gasteiger partial charge in [0.2, 0.25) is 0 Å². The molecule has 0 radical (unpaired) electrons. The van der Waals surface area contributed by atoms with Crippen molar-refractivity contribution in [2.75, 3.05) is 31.5 Å². The van der Waals surface area contributed by atoms with Crippen molar-refractivity contribution in [1.82, 2.24) is 9.80 Å². The van der Waals surface area contributed by atoms with Crippen LogP contribution < -0.4 is 5.32 Å². The zero-order chi connectivity index (χ0) is 20.1. The molecular weight excluding hydrogens is 367 g/mol. The van der Waals surface area contributed by atoms with Crippen molar-refractivity contribution in [3.63, 3.8) is 0 Å². The largest absolute Gasteiger partial charge is 0.416 e. The second-order valence-electron chi connectivity index (χ2n) is 7.07. The van der Waals surface area contributed by atoms with E-state index >= 15 is 0 Å². The fourth-order valence-electron chi connectivity index (χ4n) is 3.43. The highest BCUT2D eigenvalue weighted by Gasteiger charge is 2.31. The summed E-state index contributed by atoms with van der Waals surface area (Å²) in [5.74, 6) is 0. The summed E-state index contributed by atoms with van der Waals surface area (Å²) in [5, 5.41) is 2.58. The maximum atomic E-state index is 12.8. The highest BCUT2D eigenvalue weighted by atomic mass is 19.4. The van der Waals surface area contributed by atoms with Crippen molar-refractivity contribution in [2.24, 2.45) is 0 Å². The number of amides is 2. The third-order valence-electron chi connectivity index (χ3n) is 5.04. The zero-order valence-corrected chi connectivity index (χ0v) is 15.7. The maximum absolute atomic E-state index is 12.8. The van der Waals surface area contributed by atoms with E-state index in [1.54, 1.807) is 4.90 Å². The molecule has 1 N–H and O–H groups in total. The molecule has 1 atom stereocenters. The Hall–Kier alpha value is -2.54. The van der Waals surface area contributed by atoms with E-state index in [9.17, 15) is 18.0 Å². The van der Waals surface area contributed by atoms with Gasteiger partial charge >= 0.3 is 12.2 Å². The first-order chi connectivity index (χ1) is 13.3. The molecule has 28 heavy (non-hydrogen) atoms. The molecule has 1 saturated heterocycles. The molecule has 4 nitrogen and oxygen atoms in total. The Morgan fingerprint density at radius 2 is 1.71 bits per heavy atom. The smallest absolute Gasteiger partial charge is 0.322 e. The molecule has 2 aromatic rings. The molecule has 1 aliphatic heterocycles. The quantitative estimate of drug-likeness (QED) is 0.834. The summed E-state index contributed by atoms with van der Waals surface area (Å²) in [6.07, 6.45) is -3.49.